The number of ether oxygens (including phenoxy) is 1. The summed E-state index contributed by atoms with van der Waals surface area (Å²) in [5.41, 5.74) is 3.25. The molecule has 4 heteroatoms. The fourth-order valence-corrected chi connectivity index (χ4v) is 2.86. The second-order valence-corrected chi connectivity index (χ2v) is 5.53. The fourth-order valence-electron chi connectivity index (χ4n) is 2.86. The molecule has 1 amide bonds. The molecule has 0 spiro atoms. The molecule has 1 aromatic heterocycles. The number of carbonyl (C=O) groups is 1. The molecule has 0 aliphatic heterocycles. The molecule has 3 aromatic rings. The Hall–Kier alpha value is -2.75. The third kappa shape index (κ3) is 3.21. The number of carbonyl (C=O) groups excluding carboxylic acids is 1. The minimum absolute atomic E-state index is 0.0160. The number of benzene rings is 2. The first kappa shape index (κ1) is 15.2. The number of rotatable bonds is 5. The van der Waals surface area contributed by atoms with Crippen LogP contribution in [0.5, 0.6) is 5.75 Å². The SMILES string of the molecule is CNC(=O)CC(c1cccc(OC)c1)c1ccc2cc[nH]c2c1. The first-order chi connectivity index (χ1) is 11.2. The van der Waals surface area contributed by atoms with Crippen molar-refractivity contribution in [3.63, 3.8) is 0 Å². The van der Waals surface area contributed by atoms with Crippen LogP contribution in [0.4, 0.5) is 0 Å². The first-order valence-corrected chi connectivity index (χ1v) is 7.63. The van der Waals surface area contributed by atoms with Gasteiger partial charge in [-0.25, -0.2) is 0 Å². The van der Waals surface area contributed by atoms with Crippen molar-refractivity contribution >= 4 is 16.8 Å². The van der Waals surface area contributed by atoms with E-state index < -0.39 is 0 Å². The van der Waals surface area contributed by atoms with Gasteiger partial charge in [-0.05, 0) is 40.8 Å². The lowest BCUT2D eigenvalue weighted by atomic mass is 9.87. The van der Waals surface area contributed by atoms with E-state index in [1.165, 1.54) is 0 Å². The molecule has 0 fully saturated rings. The Balaban J connectivity index is 2.04. The number of hydrogen-bond acceptors (Lipinski definition) is 2. The van der Waals surface area contributed by atoms with Gasteiger partial charge in [0.05, 0.1) is 7.11 Å². The molecule has 0 aliphatic rings. The summed E-state index contributed by atoms with van der Waals surface area (Å²) in [6.07, 6.45) is 2.32. The third-order valence-corrected chi connectivity index (χ3v) is 4.15. The van der Waals surface area contributed by atoms with E-state index in [-0.39, 0.29) is 11.8 Å². The molecule has 1 atom stereocenters. The average molecular weight is 308 g/mol. The Morgan fingerprint density at radius 1 is 1.17 bits per heavy atom. The summed E-state index contributed by atoms with van der Waals surface area (Å²) in [6, 6.07) is 16.2. The molecule has 23 heavy (non-hydrogen) atoms. The molecule has 118 valence electrons. The van der Waals surface area contributed by atoms with Crippen LogP contribution in [0.2, 0.25) is 0 Å². The first-order valence-electron chi connectivity index (χ1n) is 7.63. The van der Waals surface area contributed by atoms with Gasteiger partial charge in [0, 0.05) is 31.1 Å². The molecule has 2 N–H and O–H groups in total. The molecule has 3 rings (SSSR count). The predicted octanol–water partition coefficient (Wildman–Crippen LogP) is 3.44. The van der Waals surface area contributed by atoms with Crippen LogP contribution >= 0.6 is 0 Å². The Bertz CT molecular complexity index is 823. The van der Waals surface area contributed by atoms with Gasteiger partial charge in [0.2, 0.25) is 5.91 Å². The van der Waals surface area contributed by atoms with Gasteiger partial charge in [-0.1, -0.05) is 24.3 Å². The zero-order valence-corrected chi connectivity index (χ0v) is 13.3. The van der Waals surface area contributed by atoms with Gasteiger partial charge in [-0.2, -0.15) is 0 Å². The summed E-state index contributed by atoms with van der Waals surface area (Å²) in [6.45, 7) is 0. The zero-order valence-electron chi connectivity index (χ0n) is 13.3. The lowest BCUT2D eigenvalue weighted by molar-refractivity contribution is -0.120. The minimum atomic E-state index is -0.0160. The standard InChI is InChI=1S/C19H20N2O2/c1-20-19(22)12-17(14-4-3-5-16(10-14)23-2)15-7-6-13-8-9-21-18(13)11-15/h3-11,17,21H,12H2,1-2H3,(H,20,22). The molecule has 1 unspecified atom stereocenters. The van der Waals surface area contributed by atoms with E-state index in [2.05, 4.69) is 28.5 Å². The van der Waals surface area contributed by atoms with E-state index in [1.807, 2.05) is 36.5 Å². The lowest BCUT2D eigenvalue weighted by Crippen LogP contribution is -2.21. The number of H-pyrrole nitrogens is 1. The summed E-state index contributed by atoms with van der Waals surface area (Å²) in [4.78, 5) is 15.2. The maximum absolute atomic E-state index is 12.0. The number of methoxy groups -OCH3 is 1. The van der Waals surface area contributed by atoms with E-state index in [9.17, 15) is 4.79 Å². The van der Waals surface area contributed by atoms with Crippen LogP contribution in [-0.4, -0.2) is 25.0 Å². The van der Waals surface area contributed by atoms with Gasteiger partial charge in [0.25, 0.3) is 0 Å². The maximum atomic E-state index is 12.0. The van der Waals surface area contributed by atoms with Gasteiger partial charge < -0.3 is 15.0 Å². The monoisotopic (exact) mass is 308 g/mol. The van der Waals surface area contributed by atoms with Crippen LogP contribution < -0.4 is 10.1 Å². The summed E-state index contributed by atoms with van der Waals surface area (Å²) in [7, 11) is 3.32. The third-order valence-electron chi connectivity index (χ3n) is 4.15. The van der Waals surface area contributed by atoms with Crippen LogP contribution in [0.3, 0.4) is 0 Å². The number of fused-ring (bicyclic) bond motifs is 1. The molecule has 2 aromatic carbocycles. The van der Waals surface area contributed by atoms with Crippen LogP contribution in [0, 0.1) is 0 Å². The second-order valence-electron chi connectivity index (χ2n) is 5.53. The fraction of sp³-hybridized carbons (Fsp3) is 0.211. The highest BCUT2D eigenvalue weighted by Crippen LogP contribution is 2.31. The van der Waals surface area contributed by atoms with Crippen molar-refractivity contribution in [2.45, 2.75) is 12.3 Å². The Kier molecular flexibility index (Phi) is 4.33. The van der Waals surface area contributed by atoms with Crippen molar-refractivity contribution in [1.82, 2.24) is 10.3 Å². The van der Waals surface area contributed by atoms with Crippen LogP contribution in [-0.2, 0) is 4.79 Å². The summed E-state index contributed by atoms with van der Waals surface area (Å²) < 4.78 is 5.32. The topological polar surface area (TPSA) is 54.1 Å². The number of hydrogen-bond donors (Lipinski definition) is 2. The Labute approximate surface area is 135 Å². The van der Waals surface area contributed by atoms with Gasteiger partial charge >= 0.3 is 0 Å². The molecule has 0 saturated heterocycles. The van der Waals surface area contributed by atoms with Crippen molar-refractivity contribution in [2.24, 2.45) is 0 Å². The van der Waals surface area contributed by atoms with Gasteiger partial charge in [0.15, 0.2) is 0 Å². The second kappa shape index (κ2) is 6.57. The lowest BCUT2D eigenvalue weighted by Gasteiger charge is -2.18. The van der Waals surface area contributed by atoms with Gasteiger partial charge in [0.1, 0.15) is 5.75 Å². The molecule has 4 nitrogen and oxygen atoms in total. The summed E-state index contributed by atoms with van der Waals surface area (Å²) >= 11 is 0. The van der Waals surface area contributed by atoms with Crippen molar-refractivity contribution in [2.75, 3.05) is 14.2 Å². The normalized spacial score (nSPS) is 12.1. The smallest absolute Gasteiger partial charge is 0.220 e. The van der Waals surface area contributed by atoms with Gasteiger partial charge in [-0.3, -0.25) is 4.79 Å². The molecule has 1 heterocycles. The van der Waals surface area contributed by atoms with E-state index in [1.54, 1.807) is 14.2 Å². The quantitative estimate of drug-likeness (QED) is 0.758. The van der Waals surface area contributed by atoms with E-state index in [0.717, 1.165) is 27.8 Å². The molecule has 0 bridgehead atoms. The van der Waals surface area contributed by atoms with Crippen molar-refractivity contribution in [1.29, 1.82) is 0 Å². The molecular formula is C19H20N2O2. The molecular weight excluding hydrogens is 288 g/mol. The molecule has 0 radical (unpaired) electrons. The molecule has 0 aliphatic carbocycles. The Morgan fingerprint density at radius 2 is 2.00 bits per heavy atom. The molecule has 0 saturated carbocycles. The number of aromatic amines is 1. The average Bonchev–Trinajstić information content (AvgIpc) is 3.07. The highest BCUT2D eigenvalue weighted by Gasteiger charge is 2.19. The predicted molar refractivity (Wildman–Crippen MR) is 91.8 cm³/mol. The highest BCUT2D eigenvalue weighted by atomic mass is 16.5. The van der Waals surface area contributed by atoms with Crippen LogP contribution in [0.15, 0.2) is 54.7 Å². The van der Waals surface area contributed by atoms with Gasteiger partial charge in [-0.15, -0.1) is 0 Å². The van der Waals surface area contributed by atoms with E-state index in [4.69, 9.17) is 4.74 Å². The van der Waals surface area contributed by atoms with E-state index in [0.29, 0.717) is 6.42 Å². The van der Waals surface area contributed by atoms with Crippen molar-refractivity contribution in [3.8, 4) is 5.75 Å². The van der Waals surface area contributed by atoms with Crippen LogP contribution in [0.1, 0.15) is 23.5 Å². The van der Waals surface area contributed by atoms with Crippen molar-refractivity contribution < 1.29 is 9.53 Å². The number of nitrogens with one attached hydrogen (secondary N) is 2. The van der Waals surface area contributed by atoms with E-state index >= 15 is 0 Å². The Morgan fingerprint density at radius 3 is 2.78 bits per heavy atom. The number of aromatic nitrogens is 1. The van der Waals surface area contributed by atoms with Crippen LogP contribution in [0.25, 0.3) is 10.9 Å². The van der Waals surface area contributed by atoms with Crippen molar-refractivity contribution in [3.05, 3.63) is 65.9 Å². The summed E-state index contributed by atoms with van der Waals surface area (Å²) in [5, 5.41) is 3.88. The maximum Gasteiger partial charge on any atom is 0.220 e. The largest absolute Gasteiger partial charge is 0.497 e. The summed E-state index contributed by atoms with van der Waals surface area (Å²) in [5.74, 6) is 0.799. The highest BCUT2D eigenvalue weighted by molar-refractivity contribution is 5.81. The minimum Gasteiger partial charge on any atom is -0.497 e. The number of amides is 1. The zero-order chi connectivity index (χ0) is 16.2.